The van der Waals surface area contributed by atoms with E-state index in [0.29, 0.717) is 12.0 Å². The van der Waals surface area contributed by atoms with Gasteiger partial charge in [-0.2, -0.15) is 0 Å². The summed E-state index contributed by atoms with van der Waals surface area (Å²) in [5.74, 6) is 0.674. The average Bonchev–Trinajstić information content (AvgIpc) is 2.06. The van der Waals surface area contributed by atoms with Gasteiger partial charge in [0.05, 0.1) is 6.10 Å². The molecule has 0 spiro atoms. The lowest BCUT2D eigenvalue weighted by atomic mass is 9.81. The number of hydrogen-bond donors (Lipinski definition) is 2. The number of aliphatic hydroxyl groups is 1. The summed E-state index contributed by atoms with van der Waals surface area (Å²) >= 11 is 0. The number of hydrogen-bond acceptors (Lipinski definition) is 2. The second-order valence-corrected chi connectivity index (χ2v) is 4.02. The molecule has 0 aromatic heterocycles. The molecule has 1 aliphatic rings. The summed E-state index contributed by atoms with van der Waals surface area (Å²) < 4.78 is 0. The Balaban J connectivity index is 2.24. The molecule has 1 aliphatic carbocycles. The number of aliphatic hydroxyl groups excluding tert-OH is 1. The smallest absolute Gasteiger partial charge is 0.0540 e. The van der Waals surface area contributed by atoms with E-state index < -0.39 is 0 Å². The molecular weight excluding hydrogens is 150 g/mol. The zero-order valence-electron chi connectivity index (χ0n) is 8.00. The summed E-state index contributed by atoms with van der Waals surface area (Å²) in [7, 11) is 0. The van der Waals surface area contributed by atoms with Crippen molar-refractivity contribution in [3.63, 3.8) is 0 Å². The lowest BCUT2D eigenvalue weighted by Gasteiger charge is -2.29. The first-order chi connectivity index (χ1) is 5.74. The van der Waals surface area contributed by atoms with Crippen LogP contribution in [-0.2, 0) is 0 Å². The van der Waals surface area contributed by atoms with E-state index in [0.717, 1.165) is 32.1 Å². The lowest BCUT2D eigenvalue weighted by Crippen LogP contribution is -2.33. The highest BCUT2D eigenvalue weighted by Crippen LogP contribution is 2.27. The predicted molar refractivity (Wildman–Crippen MR) is 50.8 cm³/mol. The molecule has 1 rings (SSSR count). The van der Waals surface area contributed by atoms with E-state index in [9.17, 15) is 5.11 Å². The van der Waals surface area contributed by atoms with Crippen molar-refractivity contribution in [2.24, 2.45) is 11.7 Å². The Labute approximate surface area is 75.2 Å². The molecule has 72 valence electrons. The summed E-state index contributed by atoms with van der Waals surface area (Å²) in [4.78, 5) is 0. The molecule has 0 bridgehead atoms. The van der Waals surface area contributed by atoms with E-state index in [-0.39, 0.29) is 6.10 Å². The van der Waals surface area contributed by atoms with Gasteiger partial charge in [-0.15, -0.1) is 0 Å². The third kappa shape index (κ3) is 2.76. The molecule has 0 amide bonds. The van der Waals surface area contributed by atoms with E-state index in [1.54, 1.807) is 0 Å². The van der Waals surface area contributed by atoms with Crippen LogP contribution in [0.2, 0.25) is 0 Å². The minimum Gasteiger partial charge on any atom is -0.393 e. The Hall–Kier alpha value is -0.0800. The van der Waals surface area contributed by atoms with Gasteiger partial charge in [-0.3, -0.25) is 0 Å². The summed E-state index contributed by atoms with van der Waals surface area (Å²) in [5.41, 5.74) is 6.02. The minimum absolute atomic E-state index is 0.0462. The van der Waals surface area contributed by atoms with Crippen LogP contribution in [0.15, 0.2) is 0 Å². The van der Waals surface area contributed by atoms with Gasteiger partial charge in [-0.1, -0.05) is 13.3 Å². The fourth-order valence-corrected chi connectivity index (χ4v) is 2.10. The fraction of sp³-hybridized carbons (Fsp3) is 1.00. The SMILES string of the molecule is CCCC(N)C1CCC(O)CC1. The molecule has 0 radical (unpaired) electrons. The van der Waals surface area contributed by atoms with Crippen LogP contribution in [0.25, 0.3) is 0 Å². The topological polar surface area (TPSA) is 46.2 Å². The van der Waals surface area contributed by atoms with Crippen molar-refractivity contribution in [2.45, 2.75) is 57.6 Å². The van der Waals surface area contributed by atoms with E-state index >= 15 is 0 Å². The Morgan fingerprint density at radius 1 is 1.33 bits per heavy atom. The molecular formula is C10H21NO. The highest BCUT2D eigenvalue weighted by Gasteiger charge is 2.23. The van der Waals surface area contributed by atoms with Crippen molar-refractivity contribution >= 4 is 0 Å². The first-order valence-corrected chi connectivity index (χ1v) is 5.17. The van der Waals surface area contributed by atoms with Crippen molar-refractivity contribution in [1.29, 1.82) is 0 Å². The van der Waals surface area contributed by atoms with Crippen LogP contribution in [-0.4, -0.2) is 17.3 Å². The molecule has 2 heteroatoms. The Bertz CT molecular complexity index is 119. The molecule has 0 aromatic carbocycles. The molecule has 0 heterocycles. The third-order valence-corrected chi connectivity index (χ3v) is 2.97. The van der Waals surface area contributed by atoms with Gasteiger partial charge in [-0.25, -0.2) is 0 Å². The zero-order chi connectivity index (χ0) is 8.97. The fourth-order valence-electron chi connectivity index (χ4n) is 2.10. The van der Waals surface area contributed by atoms with Crippen LogP contribution in [0, 0.1) is 5.92 Å². The van der Waals surface area contributed by atoms with Crippen molar-refractivity contribution in [3.05, 3.63) is 0 Å². The molecule has 3 N–H and O–H groups in total. The maximum absolute atomic E-state index is 9.30. The molecule has 0 aliphatic heterocycles. The molecule has 2 nitrogen and oxygen atoms in total. The Morgan fingerprint density at radius 3 is 2.42 bits per heavy atom. The van der Waals surface area contributed by atoms with Crippen molar-refractivity contribution in [2.75, 3.05) is 0 Å². The van der Waals surface area contributed by atoms with Gasteiger partial charge < -0.3 is 10.8 Å². The maximum Gasteiger partial charge on any atom is 0.0540 e. The summed E-state index contributed by atoms with van der Waals surface area (Å²) in [5, 5.41) is 9.30. The Kier molecular flexibility index (Phi) is 4.02. The molecule has 1 fully saturated rings. The molecule has 1 saturated carbocycles. The first-order valence-electron chi connectivity index (χ1n) is 5.17. The largest absolute Gasteiger partial charge is 0.393 e. The molecule has 1 unspecified atom stereocenters. The number of nitrogens with two attached hydrogens (primary N) is 1. The van der Waals surface area contributed by atoms with Gasteiger partial charge in [0.25, 0.3) is 0 Å². The van der Waals surface area contributed by atoms with E-state index in [2.05, 4.69) is 6.92 Å². The van der Waals surface area contributed by atoms with Crippen molar-refractivity contribution in [3.8, 4) is 0 Å². The van der Waals surface area contributed by atoms with Crippen molar-refractivity contribution in [1.82, 2.24) is 0 Å². The summed E-state index contributed by atoms with van der Waals surface area (Å²) in [6, 6.07) is 0.377. The van der Waals surface area contributed by atoms with E-state index in [1.165, 1.54) is 6.42 Å². The van der Waals surface area contributed by atoms with Gasteiger partial charge in [0.2, 0.25) is 0 Å². The number of rotatable bonds is 3. The lowest BCUT2D eigenvalue weighted by molar-refractivity contribution is 0.101. The van der Waals surface area contributed by atoms with Crippen LogP contribution < -0.4 is 5.73 Å². The quantitative estimate of drug-likeness (QED) is 0.678. The summed E-state index contributed by atoms with van der Waals surface area (Å²) in [6.07, 6.45) is 6.45. The third-order valence-electron chi connectivity index (χ3n) is 2.97. The molecule has 0 aromatic rings. The van der Waals surface area contributed by atoms with Crippen LogP contribution in [0.3, 0.4) is 0 Å². The van der Waals surface area contributed by atoms with E-state index in [1.807, 2.05) is 0 Å². The van der Waals surface area contributed by atoms with Gasteiger partial charge >= 0.3 is 0 Å². The maximum atomic E-state index is 9.30. The van der Waals surface area contributed by atoms with Crippen LogP contribution >= 0.6 is 0 Å². The minimum atomic E-state index is -0.0462. The highest BCUT2D eigenvalue weighted by molar-refractivity contribution is 4.79. The molecule has 12 heavy (non-hydrogen) atoms. The van der Waals surface area contributed by atoms with E-state index in [4.69, 9.17) is 5.73 Å². The van der Waals surface area contributed by atoms with Crippen LogP contribution in [0.4, 0.5) is 0 Å². The van der Waals surface area contributed by atoms with Gasteiger partial charge in [0.1, 0.15) is 0 Å². The standard InChI is InChI=1S/C10H21NO/c1-2-3-10(11)8-4-6-9(12)7-5-8/h8-10,12H,2-7,11H2,1H3. The van der Waals surface area contributed by atoms with Gasteiger partial charge in [-0.05, 0) is 38.0 Å². The predicted octanol–water partition coefficient (Wildman–Crippen LogP) is 1.66. The highest BCUT2D eigenvalue weighted by atomic mass is 16.3. The monoisotopic (exact) mass is 171 g/mol. The zero-order valence-corrected chi connectivity index (χ0v) is 8.00. The molecule has 1 atom stereocenters. The second kappa shape index (κ2) is 4.83. The average molecular weight is 171 g/mol. The first kappa shape index (κ1) is 10.0. The van der Waals surface area contributed by atoms with Crippen LogP contribution in [0.5, 0.6) is 0 Å². The Morgan fingerprint density at radius 2 is 1.92 bits per heavy atom. The second-order valence-electron chi connectivity index (χ2n) is 4.02. The van der Waals surface area contributed by atoms with Gasteiger partial charge in [0, 0.05) is 6.04 Å². The van der Waals surface area contributed by atoms with Crippen LogP contribution in [0.1, 0.15) is 45.4 Å². The summed E-state index contributed by atoms with van der Waals surface area (Å²) in [6.45, 7) is 2.18. The molecule has 0 saturated heterocycles. The van der Waals surface area contributed by atoms with Gasteiger partial charge in [0.15, 0.2) is 0 Å². The normalized spacial score (nSPS) is 33.2. The van der Waals surface area contributed by atoms with Crippen molar-refractivity contribution < 1.29 is 5.11 Å².